The number of likely N-dealkylation sites (N-methyl/N-ethyl adjacent to an activating group) is 1. The molecule has 1 N–H and O–H groups in total. The predicted molar refractivity (Wildman–Crippen MR) is 90.4 cm³/mol. The number of rotatable bonds is 6. The Morgan fingerprint density at radius 2 is 1.90 bits per heavy atom. The summed E-state index contributed by atoms with van der Waals surface area (Å²) in [6, 6.07) is 16.2. The topological polar surface area (TPSA) is 15.3 Å². The lowest BCUT2D eigenvalue weighted by molar-refractivity contribution is 0.340. The Morgan fingerprint density at radius 3 is 2.60 bits per heavy atom. The van der Waals surface area contributed by atoms with Crippen molar-refractivity contribution in [3.05, 3.63) is 63.6 Å². The molecule has 0 aliphatic rings. The Hall–Kier alpha value is -1.03. The Morgan fingerprint density at radius 1 is 1.15 bits per heavy atom. The number of nitrogens with zero attached hydrogens (tertiary/aromatic N) is 1. The van der Waals surface area contributed by atoms with Crippen LogP contribution in [0.5, 0.6) is 0 Å². The molecule has 2 rings (SSSR count). The molecule has 0 atom stereocenters. The highest BCUT2D eigenvalue weighted by molar-refractivity contribution is 9.10. The molecule has 0 amide bonds. The molecule has 0 bridgehead atoms. The molecule has 0 radical (unpaired) electrons. The van der Waals surface area contributed by atoms with E-state index in [1.165, 1.54) is 5.56 Å². The summed E-state index contributed by atoms with van der Waals surface area (Å²) in [6.45, 7) is 2.82. The zero-order chi connectivity index (χ0) is 14.4. The summed E-state index contributed by atoms with van der Waals surface area (Å²) in [6.07, 6.45) is 0. The van der Waals surface area contributed by atoms with Gasteiger partial charge in [0.2, 0.25) is 0 Å². The SMILES string of the molecule is CN(CCNc1cccc(Cl)c1)Cc1ccc(Br)cc1. The molecule has 2 nitrogen and oxygen atoms in total. The number of hydrogen-bond acceptors (Lipinski definition) is 2. The third kappa shape index (κ3) is 5.16. The Balaban J connectivity index is 1.75. The number of hydrogen-bond donors (Lipinski definition) is 1. The van der Waals surface area contributed by atoms with E-state index in [2.05, 4.69) is 57.5 Å². The maximum Gasteiger partial charge on any atom is 0.0426 e. The van der Waals surface area contributed by atoms with Crippen molar-refractivity contribution < 1.29 is 0 Å². The van der Waals surface area contributed by atoms with Crippen molar-refractivity contribution >= 4 is 33.2 Å². The Labute approximate surface area is 133 Å². The van der Waals surface area contributed by atoms with Gasteiger partial charge in [-0.15, -0.1) is 0 Å². The normalized spacial score (nSPS) is 10.8. The number of halogens is 2. The molecule has 0 aliphatic carbocycles. The minimum absolute atomic E-state index is 0.762. The van der Waals surface area contributed by atoms with Crippen LogP contribution in [0.2, 0.25) is 5.02 Å². The van der Waals surface area contributed by atoms with E-state index in [4.69, 9.17) is 11.6 Å². The van der Waals surface area contributed by atoms with Crippen molar-refractivity contribution in [2.45, 2.75) is 6.54 Å². The van der Waals surface area contributed by atoms with E-state index in [-0.39, 0.29) is 0 Å². The highest BCUT2D eigenvalue weighted by Gasteiger charge is 2.00. The number of nitrogens with one attached hydrogen (secondary N) is 1. The summed E-state index contributed by atoms with van der Waals surface area (Å²) in [4.78, 5) is 2.29. The molecule has 0 saturated heterocycles. The average Bonchev–Trinajstić information content (AvgIpc) is 2.41. The molecule has 4 heteroatoms. The second kappa shape index (κ2) is 7.67. The molecular formula is C16H18BrClN2. The van der Waals surface area contributed by atoms with E-state index in [1.54, 1.807) is 0 Å². The molecular weight excluding hydrogens is 336 g/mol. The quantitative estimate of drug-likeness (QED) is 0.813. The molecule has 0 spiro atoms. The Bertz CT molecular complexity index is 542. The van der Waals surface area contributed by atoms with Crippen LogP contribution in [-0.4, -0.2) is 25.0 Å². The number of anilines is 1. The van der Waals surface area contributed by atoms with Crippen LogP contribution in [0.4, 0.5) is 5.69 Å². The minimum atomic E-state index is 0.762. The Kier molecular flexibility index (Phi) is 5.89. The molecule has 0 unspecified atom stereocenters. The van der Waals surface area contributed by atoms with Gasteiger partial charge < -0.3 is 10.2 Å². The van der Waals surface area contributed by atoms with Crippen molar-refractivity contribution in [2.24, 2.45) is 0 Å². The zero-order valence-corrected chi connectivity index (χ0v) is 13.8. The maximum absolute atomic E-state index is 5.95. The smallest absolute Gasteiger partial charge is 0.0426 e. The van der Waals surface area contributed by atoms with Crippen LogP contribution >= 0.6 is 27.5 Å². The zero-order valence-electron chi connectivity index (χ0n) is 11.4. The summed E-state index contributed by atoms with van der Waals surface area (Å²) in [5.41, 5.74) is 2.38. The van der Waals surface area contributed by atoms with Crippen LogP contribution in [0.1, 0.15) is 5.56 Å². The molecule has 0 aliphatic heterocycles. The largest absolute Gasteiger partial charge is 0.384 e. The third-order valence-corrected chi connectivity index (χ3v) is 3.78. The highest BCUT2D eigenvalue weighted by atomic mass is 79.9. The van der Waals surface area contributed by atoms with Crippen molar-refractivity contribution in [1.82, 2.24) is 4.90 Å². The van der Waals surface area contributed by atoms with Gasteiger partial charge in [-0.3, -0.25) is 0 Å². The van der Waals surface area contributed by atoms with Crippen LogP contribution < -0.4 is 5.32 Å². The van der Waals surface area contributed by atoms with E-state index < -0.39 is 0 Å². The van der Waals surface area contributed by atoms with Gasteiger partial charge in [-0.2, -0.15) is 0 Å². The van der Waals surface area contributed by atoms with Gasteiger partial charge in [-0.25, -0.2) is 0 Å². The third-order valence-electron chi connectivity index (χ3n) is 3.01. The average molecular weight is 354 g/mol. The monoisotopic (exact) mass is 352 g/mol. The van der Waals surface area contributed by atoms with Crippen LogP contribution in [-0.2, 0) is 6.54 Å². The van der Waals surface area contributed by atoms with Gasteiger partial charge in [-0.1, -0.05) is 45.7 Å². The number of benzene rings is 2. The van der Waals surface area contributed by atoms with Gasteiger partial charge in [0.15, 0.2) is 0 Å². The van der Waals surface area contributed by atoms with Crippen LogP contribution in [0.15, 0.2) is 53.0 Å². The standard InChI is InChI=1S/C16H18BrClN2/c1-20(12-13-5-7-14(17)8-6-13)10-9-19-16-4-2-3-15(18)11-16/h2-8,11,19H,9-10,12H2,1H3. The van der Waals surface area contributed by atoms with Gasteiger partial charge in [0.05, 0.1) is 0 Å². The maximum atomic E-state index is 5.95. The first-order chi connectivity index (χ1) is 9.63. The first kappa shape index (κ1) is 15.4. The molecule has 2 aromatic rings. The molecule has 0 heterocycles. The fraction of sp³-hybridized carbons (Fsp3) is 0.250. The fourth-order valence-electron chi connectivity index (χ4n) is 1.97. The summed E-state index contributed by atoms with van der Waals surface area (Å²) >= 11 is 9.40. The predicted octanol–water partition coefficient (Wildman–Crippen LogP) is 4.65. The van der Waals surface area contributed by atoms with Crippen LogP contribution in [0.3, 0.4) is 0 Å². The molecule has 0 fully saturated rings. The first-order valence-electron chi connectivity index (χ1n) is 6.56. The first-order valence-corrected chi connectivity index (χ1v) is 7.73. The lowest BCUT2D eigenvalue weighted by Crippen LogP contribution is -2.24. The minimum Gasteiger partial charge on any atom is -0.384 e. The molecule has 2 aromatic carbocycles. The van der Waals surface area contributed by atoms with Crippen molar-refractivity contribution in [2.75, 3.05) is 25.5 Å². The van der Waals surface area contributed by atoms with Gasteiger partial charge >= 0.3 is 0 Å². The summed E-state index contributed by atoms with van der Waals surface area (Å²) in [7, 11) is 2.13. The lowest BCUT2D eigenvalue weighted by Gasteiger charge is -2.17. The van der Waals surface area contributed by atoms with E-state index in [1.807, 2.05) is 24.3 Å². The summed E-state index contributed by atoms with van der Waals surface area (Å²) < 4.78 is 1.12. The van der Waals surface area contributed by atoms with Crippen molar-refractivity contribution in [1.29, 1.82) is 0 Å². The lowest BCUT2D eigenvalue weighted by atomic mass is 10.2. The second-order valence-corrected chi connectivity index (χ2v) is 6.15. The van der Waals surface area contributed by atoms with Gasteiger partial charge in [-0.05, 0) is 42.9 Å². The second-order valence-electron chi connectivity index (χ2n) is 4.80. The molecule has 20 heavy (non-hydrogen) atoms. The molecule has 0 saturated carbocycles. The summed E-state index contributed by atoms with van der Waals surface area (Å²) in [5.74, 6) is 0. The van der Waals surface area contributed by atoms with E-state index in [9.17, 15) is 0 Å². The van der Waals surface area contributed by atoms with Crippen LogP contribution in [0.25, 0.3) is 0 Å². The van der Waals surface area contributed by atoms with Crippen molar-refractivity contribution in [3.63, 3.8) is 0 Å². The fourth-order valence-corrected chi connectivity index (χ4v) is 2.42. The van der Waals surface area contributed by atoms with E-state index >= 15 is 0 Å². The van der Waals surface area contributed by atoms with Crippen molar-refractivity contribution in [3.8, 4) is 0 Å². The molecule has 106 valence electrons. The van der Waals surface area contributed by atoms with Gasteiger partial charge in [0.25, 0.3) is 0 Å². The summed E-state index contributed by atoms with van der Waals surface area (Å²) in [5, 5.41) is 4.14. The van der Waals surface area contributed by atoms with E-state index in [0.717, 1.165) is 34.8 Å². The molecule has 0 aromatic heterocycles. The van der Waals surface area contributed by atoms with Gasteiger partial charge in [0.1, 0.15) is 0 Å². The van der Waals surface area contributed by atoms with Crippen LogP contribution in [0, 0.1) is 0 Å². The van der Waals surface area contributed by atoms with E-state index in [0.29, 0.717) is 0 Å². The van der Waals surface area contributed by atoms with Gasteiger partial charge in [0, 0.05) is 34.8 Å². The highest BCUT2D eigenvalue weighted by Crippen LogP contribution is 2.15.